The second-order valence-corrected chi connectivity index (χ2v) is 4.76. The molecule has 0 radical (unpaired) electrons. The van der Waals surface area contributed by atoms with Crippen molar-refractivity contribution in [3.63, 3.8) is 0 Å². The third kappa shape index (κ3) is 2.45. The number of hydrogen-bond acceptors (Lipinski definition) is 4. The summed E-state index contributed by atoms with van der Waals surface area (Å²) >= 11 is 2.88. The Morgan fingerprint density at radius 3 is 2.75 bits per heavy atom. The first-order valence-corrected chi connectivity index (χ1v) is 6.53. The Morgan fingerprint density at radius 1 is 1.40 bits per heavy atom. The van der Waals surface area contributed by atoms with E-state index in [1.54, 1.807) is 6.92 Å². The fourth-order valence-electron chi connectivity index (χ4n) is 1.71. The molecular formula is C13H10BrF2NO3. The zero-order chi connectivity index (χ0) is 14.9. The van der Waals surface area contributed by atoms with Crippen molar-refractivity contribution in [1.82, 2.24) is 5.16 Å². The Balaban J connectivity index is 2.60. The molecule has 0 bridgehead atoms. The van der Waals surface area contributed by atoms with Crippen LogP contribution in [0.2, 0.25) is 0 Å². The van der Waals surface area contributed by atoms with Gasteiger partial charge in [0.25, 0.3) is 0 Å². The number of aromatic nitrogens is 1. The molecule has 1 aromatic carbocycles. The maximum absolute atomic E-state index is 13.9. The lowest BCUT2D eigenvalue weighted by molar-refractivity contribution is 0.0525. The quantitative estimate of drug-likeness (QED) is 0.625. The highest BCUT2D eigenvalue weighted by Gasteiger charge is 2.26. The van der Waals surface area contributed by atoms with Gasteiger partial charge in [-0.2, -0.15) is 0 Å². The van der Waals surface area contributed by atoms with E-state index in [0.29, 0.717) is 0 Å². The average molecular weight is 346 g/mol. The summed E-state index contributed by atoms with van der Waals surface area (Å²) in [6.07, 6.45) is 0. The summed E-state index contributed by atoms with van der Waals surface area (Å²) in [6.45, 7) is 3.29. The van der Waals surface area contributed by atoms with Crippen LogP contribution in [0.5, 0.6) is 0 Å². The van der Waals surface area contributed by atoms with Crippen molar-refractivity contribution in [2.75, 3.05) is 6.61 Å². The molecule has 0 amide bonds. The van der Waals surface area contributed by atoms with Gasteiger partial charge in [-0.3, -0.25) is 0 Å². The van der Waals surface area contributed by atoms with Crippen molar-refractivity contribution in [2.24, 2.45) is 0 Å². The number of nitrogens with zero attached hydrogens (tertiary/aromatic N) is 1. The molecule has 1 heterocycles. The predicted octanol–water partition coefficient (Wildman–Crippen LogP) is 3.87. The summed E-state index contributed by atoms with van der Waals surface area (Å²) in [5.74, 6) is -2.68. The van der Waals surface area contributed by atoms with Crippen LogP contribution in [0.15, 0.2) is 21.1 Å². The number of carbonyl (C=O) groups excluding carboxylic acids is 1. The fourth-order valence-corrected chi connectivity index (χ4v) is 2.01. The average Bonchev–Trinajstić information content (AvgIpc) is 2.78. The molecule has 20 heavy (non-hydrogen) atoms. The van der Waals surface area contributed by atoms with Crippen LogP contribution < -0.4 is 0 Å². The monoisotopic (exact) mass is 345 g/mol. The molecule has 0 aliphatic rings. The van der Waals surface area contributed by atoms with Gasteiger partial charge in [0, 0.05) is 5.56 Å². The van der Waals surface area contributed by atoms with Crippen LogP contribution >= 0.6 is 15.9 Å². The van der Waals surface area contributed by atoms with Crippen LogP contribution in [0.3, 0.4) is 0 Å². The van der Waals surface area contributed by atoms with E-state index in [1.807, 2.05) is 0 Å². The number of aryl methyl sites for hydroxylation is 1. The Morgan fingerprint density at radius 2 is 2.10 bits per heavy atom. The van der Waals surface area contributed by atoms with Crippen molar-refractivity contribution in [3.8, 4) is 11.3 Å². The summed E-state index contributed by atoms with van der Waals surface area (Å²) in [4.78, 5) is 11.8. The van der Waals surface area contributed by atoms with E-state index in [4.69, 9.17) is 9.26 Å². The van der Waals surface area contributed by atoms with Crippen molar-refractivity contribution in [2.45, 2.75) is 13.8 Å². The Bertz CT molecular complexity index is 670. The van der Waals surface area contributed by atoms with E-state index in [2.05, 4.69) is 21.1 Å². The zero-order valence-electron chi connectivity index (χ0n) is 10.7. The first-order valence-electron chi connectivity index (χ1n) is 5.74. The van der Waals surface area contributed by atoms with Gasteiger partial charge in [-0.05, 0) is 41.9 Å². The van der Waals surface area contributed by atoms with Crippen LogP contribution in [-0.4, -0.2) is 17.7 Å². The number of esters is 1. The lowest BCUT2D eigenvalue weighted by Gasteiger charge is -2.05. The molecule has 106 valence electrons. The smallest absolute Gasteiger partial charge is 0.344 e. The van der Waals surface area contributed by atoms with Crippen molar-refractivity contribution in [3.05, 3.63) is 39.6 Å². The molecule has 4 nitrogen and oxygen atoms in total. The number of rotatable bonds is 3. The number of benzene rings is 1. The second-order valence-electron chi connectivity index (χ2n) is 3.91. The molecule has 2 rings (SSSR count). The maximum atomic E-state index is 13.9. The number of ether oxygens (including phenoxy) is 1. The standard InChI is InChI=1S/C13H10BrF2NO3/c1-3-19-13(18)9-6(2)20-17-12(9)7-4-5-8(14)11(16)10(7)15/h4-5H,3H2,1-2H3. The van der Waals surface area contributed by atoms with Gasteiger partial charge < -0.3 is 9.26 Å². The molecule has 0 saturated heterocycles. The van der Waals surface area contributed by atoms with Crippen molar-refractivity contribution >= 4 is 21.9 Å². The number of hydrogen-bond donors (Lipinski definition) is 0. The Labute approximate surface area is 121 Å². The molecular weight excluding hydrogens is 336 g/mol. The molecule has 0 aliphatic carbocycles. The van der Waals surface area contributed by atoms with E-state index in [9.17, 15) is 13.6 Å². The highest BCUT2D eigenvalue weighted by Crippen LogP contribution is 2.31. The van der Waals surface area contributed by atoms with E-state index in [0.717, 1.165) is 0 Å². The third-order valence-electron chi connectivity index (χ3n) is 2.63. The van der Waals surface area contributed by atoms with Crippen LogP contribution in [0.4, 0.5) is 8.78 Å². The summed E-state index contributed by atoms with van der Waals surface area (Å²) in [6, 6.07) is 2.63. The lowest BCUT2D eigenvalue weighted by atomic mass is 10.1. The molecule has 1 aromatic heterocycles. The summed E-state index contributed by atoms with van der Waals surface area (Å²) in [5.41, 5.74) is -0.247. The van der Waals surface area contributed by atoms with Gasteiger partial charge in [-0.1, -0.05) is 5.16 Å². The lowest BCUT2D eigenvalue weighted by Crippen LogP contribution is -2.07. The molecule has 0 N–H and O–H groups in total. The van der Waals surface area contributed by atoms with E-state index in [-0.39, 0.29) is 33.7 Å². The first kappa shape index (κ1) is 14.6. The van der Waals surface area contributed by atoms with Gasteiger partial charge in [-0.25, -0.2) is 13.6 Å². The Kier molecular flexibility index (Phi) is 4.17. The van der Waals surface area contributed by atoms with Gasteiger partial charge in [0.15, 0.2) is 11.6 Å². The van der Waals surface area contributed by atoms with Gasteiger partial charge in [-0.15, -0.1) is 0 Å². The van der Waals surface area contributed by atoms with Gasteiger partial charge in [0.05, 0.1) is 11.1 Å². The predicted molar refractivity (Wildman–Crippen MR) is 70.2 cm³/mol. The van der Waals surface area contributed by atoms with E-state index >= 15 is 0 Å². The topological polar surface area (TPSA) is 52.3 Å². The number of carbonyl (C=O) groups is 1. The summed E-state index contributed by atoms with van der Waals surface area (Å²) in [5, 5.41) is 3.62. The molecule has 0 atom stereocenters. The molecule has 0 unspecified atom stereocenters. The first-order chi connectivity index (χ1) is 9.47. The summed E-state index contributed by atoms with van der Waals surface area (Å²) < 4.78 is 37.2. The maximum Gasteiger partial charge on any atom is 0.344 e. The molecule has 0 fully saturated rings. The molecule has 0 spiro atoms. The van der Waals surface area contributed by atoms with Gasteiger partial charge >= 0.3 is 5.97 Å². The normalized spacial score (nSPS) is 10.7. The van der Waals surface area contributed by atoms with E-state index in [1.165, 1.54) is 19.1 Å². The largest absolute Gasteiger partial charge is 0.462 e. The minimum absolute atomic E-state index is 0.00697. The fraction of sp³-hybridized carbons (Fsp3) is 0.231. The third-order valence-corrected chi connectivity index (χ3v) is 3.25. The highest BCUT2D eigenvalue weighted by atomic mass is 79.9. The van der Waals surface area contributed by atoms with Crippen LogP contribution in [0.1, 0.15) is 23.0 Å². The minimum atomic E-state index is -1.11. The molecule has 2 aromatic rings. The Hall–Kier alpha value is -1.76. The molecule has 7 heteroatoms. The van der Waals surface area contributed by atoms with Crippen molar-refractivity contribution < 1.29 is 22.8 Å². The number of halogens is 3. The van der Waals surface area contributed by atoms with Gasteiger partial charge in [0.2, 0.25) is 0 Å². The minimum Gasteiger partial charge on any atom is -0.462 e. The van der Waals surface area contributed by atoms with E-state index < -0.39 is 17.6 Å². The van der Waals surface area contributed by atoms with Crippen LogP contribution in [0.25, 0.3) is 11.3 Å². The highest BCUT2D eigenvalue weighted by molar-refractivity contribution is 9.10. The summed E-state index contributed by atoms with van der Waals surface area (Å²) in [7, 11) is 0. The van der Waals surface area contributed by atoms with Crippen molar-refractivity contribution in [1.29, 1.82) is 0 Å². The molecule has 0 aliphatic heterocycles. The molecule has 0 saturated carbocycles. The second kappa shape index (κ2) is 5.70. The zero-order valence-corrected chi connectivity index (χ0v) is 12.3. The van der Waals surface area contributed by atoms with Crippen LogP contribution in [-0.2, 0) is 4.74 Å². The van der Waals surface area contributed by atoms with Crippen LogP contribution in [0, 0.1) is 18.6 Å². The van der Waals surface area contributed by atoms with Gasteiger partial charge in [0.1, 0.15) is 17.0 Å². The SMILES string of the molecule is CCOC(=O)c1c(-c2ccc(Br)c(F)c2F)noc1C.